The SMILES string of the molecule is N=Bc1ncnc(Cl)n1. The Labute approximate surface area is 57.1 Å². The fraction of sp³-hybridized carbons (Fsp3) is 0. The van der Waals surface area contributed by atoms with Crippen molar-refractivity contribution in [2.24, 2.45) is 0 Å². The van der Waals surface area contributed by atoms with E-state index >= 15 is 0 Å². The van der Waals surface area contributed by atoms with Gasteiger partial charge >= 0.3 is 56.3 Å². The summed E-state index contributed by atoms with van der Waals surface area (Å²) in [5.74, 6) is 0. The maximum absolute atomic E-state index is 6.70. The van der Waals surface area contributed by atoms with E-state index in [1.54, 1.807) is 0 Å². The van der Waals surface area contributed by atoms with Crippen LogP contribution in [0.25, 0.3) is 0 Å². The summed E-state index contributed by atoms with van der Waals surface area (Å²) in [6.07, 6.45) is 1.26. The van der Waals surface area contributed by atoms with Crippen LogP contribution < -0.4 is 5.72 Å². The molecule has 0 aliphatic heterocycles. The number of aromatic nitrogens is 3. The van der Waals surface area contributed by atoms with Gasteiger partial charge in [0.2, 0.25) is 0 Å². The summed E-state index contributed by atoms with van der Waals surface area (Å²) in [6.45, 7) is 0. The molecule has 0 amide bonds. The monoisotopic (exact) mass is 140 g/mol. The van der Waals surface area contributed by atoms with Crippen molar-refractivity contribution < 1.29 is 0 Å². The summed E-state index contributed by atoms with van der Waals surface area (Å²) in [5, 5.41) is 6.82. The molecule has 44 valence electrons. The van der Waals surface area contributed by atoms with E-state index in [0.717, 1.165) is 7.07 Å². The van der Waals surface area contributed by atoms with E-state index in [0.29, 0.717) is 0 Å². The third kappa shape index (κ3) is 1.53. The van der Waals surface area contributed by atoms with Crippen molar-refractivity contribution in [1.29, 1.82) is 5.31 Å². The summed E-state index contributed by atoms with van der Waals surface area (Å²) in [4.78, 5) is 10.7. The van der Waals surface area contributed by atoms with E-state index in [1.165, 1.54) is 6.33 Å². The second kappa shape index (κ2) is 2.64. The number of halogens is 1. The van der Waals surface area contributed by atoms with Gasteiger partial charge in [-0.15, -0.1) is 0 Å². The quantitative estimate of drug-likeness (QED) is 0.541. The predicted octanol–water partition coefficient (Wildman–Crippen LogP) is -0.383. The fourth-order valence-corrected chi connectivity index (χ4v) is 0.488. The fourth-order valence-electron chi connectivity index (χ4n) is 0.357. The number of hydrogen-bond acceptors (Lipinski definition) is 4. The third-order valence-corrected chi connectivity index (χ3v) is 0.872. The molecular weight excluding hydrogens is 138 g/mol. The van der Waals surface area contributed by atoms with Crippen molar-refractivity contribution in [2.75, 3.05) is 0 Å². The van der Waals surface area contributed by atoms with Crippen molar-refractivity contribution in [3.63, 3.8) is 0 Å². The molecule has 0 aromatic carbocycles. The first-order valence-corrected chi connectivity index (χ1v) is 2.56. The van der Waals surface area contributed by atoms with Crippen LogP contribution in [0.1, 0.15) is 0 Å². The zero-order valence-electron chi connectivity index (χ0n) is 4.37. The molecule has 0 fully saturated rings. The molecule has 0 radical (unpaired) electrons. The Kier molecular flexibility index (Phi) is 1.84. The maximum atomic E-state index is 6.70. The zero-order valence-corrected chi connectivity index (χ0v) is 5.13. The van der Waals surface area contributed by atoms with Crippen LogP contribution in [-0.4, -0.2) is 22.0 Å². The van der Waals surface area contributed by atoms with E-state index in [2.05, 4.69) is 15.0 Å². The molecule has 1 rings (SSSR count). The van der Waals surface area contributed by atoms with Crippen molar-refractivity contribution in [3.8, 4) is 0 Å². The van der Waals surface area contributed by atoms with Crippen molar-refractivity contribution >= 4 is 24.4 Å². The van der Waals surface area contributed by atoms with E-state index in [4.69, 9.17) is 16.9 Å². The molecule has 0 atom stereocenters. The summed E-state index contributed by atoms with van der Waals surface area (Å²) in [6, 6.07) is 0. The molecule has 0 saturated carbocycles. The Balaban J connectivity index is 3.07. The Bertz CT molecular complexity index is 227. The van der Waals surface area contributed by atoms with E-state index in [9.17, 15) is 0 Å². The van der Waals surface area contributed by atoms with Gasteiger partial charge in [-0.3, -0.25) is 0 Å². The summed E-state index contributed by atoms with van der Waals surface area (Å²) < 4.78 is 0. The van der Waals surface area contributed by atoms with Crippen molar-refractivity contribution in [2.45, 2.75) is 0 Å². The third-order valence-electron chi connectivity index (χ3n) is 0.690. The van der Waals surface area contributed by atoms with Gasteiger partial charge in [-0.05, 0) is 0 Å². The standard InChI is InChI=1S/C3H2BClN4/c5-3-8-1-7-2(4-6)9-3/h1,6H. The van der Waals surface area contributed by atoms with Crippen LogP contribution in [0.5, 0.6) is 0 Å². The van der Waals surface area contributed by atoms with Crippen LogP contribution in [0, 0.1) is 5.31 Å². The minimum absolute atomic E-state index is 0.114. The normalized spacial score (nSPS) is 8.56. The van der Waals surface area contributed by atoms with Crippen LogP contribution in [0.3, 0.4) is 0 Å². The number of rotatable bonds is 1. The molecule has 0 bridgehead atoms. The first-order chi connectivity index (χ1) is 4.33. The Morgan fingerprint density at radius 3 is 2.78 bits per heavy atom. The number of nitrogens with zero attached hydrogens (tertiary/aromatic N) is 3. The van der Waals surface area contributed by atoms with Gasteiger partial charge in [0.25, 0.3) is 0 Å². The molecule has 9 heavy (non-hydrogen) atoms. The topological polar surface area (TPSA) is 62.5 Å². The molecule has 1 heterocycles. The molecule has 4 nitrogen and oxygen atoms in total. The molecule has 1 aromatic heterocycles. The second-order valence-corrected chi connectivity index (χ2v) is 1.60. The average Bonchev–Trinajstić information content (AvgIpc) is 1.88. The van der Waals surface area contributed by atoms with Gasteiger partial charge in [0.1, 0.15) is 0 Å². The van der Waals surface area contributed by atoms with E-state index in [1.807, 2.05) is 0 Å². The molecule has 1 N–H and O–H groups in total. The van der Waals surface area contributed by atoms with Crippen molar-refractivity contribution in [1.82, 2.24) is 15.0 Å². The van der Waals surface area contributed by atoms with E-state index in [-0.39, 0.29) is 11.0 Å². The second-order valence-electron chi connectivity index (χ2n) is 1.26. The molecule has 0 saturated heterocycles. The summed E-state index contributed by atoms with van der Waals surface area (Å²) in [7, 11) is 1.01. The first-order valence-electron chi connectivity index (χ1n) is 2.18. The Morgan fingerprint density at radius 2 is 2.33 bits per heavy atom. The Hall–Kier alpha value is -0.835. The van der Waals surface area contributed by atoms with E-state index < -0.39 is 0 Å². The van der Waals surface area contributed by atoms with Gasteiger partial charge in [-0.25, -0.2) is 0 Å². The molecule has 0 aliphatic rings. The van der Waals surface area contributed by atoms with Crippen LogP contribution in [-0.2, 0) is 0 Å². The van der Waals surface area contributed by atoms with Crippen LogP contribution in [0.15, 0.2) is 6.33 Å². The molecular formula is C3H2BClN4. The molecule has 0 unspecified atom stereocenters. The first kappa shape index (κ1) is 6.29. The van der Waals surface area contributed by atoms with Gasteiger partial charge < -0.3 is 0 Å². The molecule has 1 aromatic rings. The minimum atomic E-state index is 0.114. The molecule has 0 aliphatic carbocycles. The summed E-state index contributed by atoms with van der Waals surface area (Å²) in [5.41, 5.74) is 0.273. The van der Waals surface area contributed by atoms with Gasteiger partial charge in [0.15, 0.2) is 0 Å². The van der Waals surface area contributed by atoms with Crippen LogP contribution in [0.2, 0.25) is 5.28 Å². The van der Waals surface area contributed by atoms with Crippen LogP contribution in [0.4, 0.5) is 0 Å². The predicted molar refractivity (Wildman–Crippen MR) is 32.9 cm³/mol. The van der Waals surface area contributed by atoms with Crippen molar-refractivity contribution in [3.05, 3.63) is 11.6 Å². The van der Waals surface area contributed by atoms with Crippen LogP contribution >= 0.6 is 11.6 Å². The average molecular weight is 140 g/mol. The zero-order chi connectivity index (χ0) is 6.69. The molecule has 0 spiro atoms. The number of hydrogen-bond donors (Lipinski definition) is 1. The molecule has 6 heteroatoms. The van der Waals surface area contributed by atoms with Gasteiger partial charge in [-0.1, -0.05) is 0 Å². The number of nitrogens with one attached hydrogen (secondary N) is 1. The van der Waals surface area contributed by atoms with Gasteiger partial charge in [-0.2, -0.15) is 0 Å². The Morgan fingerprint density at radius 1 is 1.56 bits per heavy atom. The summed E-state index contributed by atoms with van der Waals surface area (Å²) >= 11 is 5.36. The van der Waals surface area contributed by atoms with Gasteiger partial charge in [0.05, 0.1) is 0 Å². The van der Waals surface area contributed by atoms with Gasteiger partial charge in [0, 0.05) is 0 Å².